The third-order valence-corrected chi connectivity index (χ3v) is 11.3. The first-order valence-electron chi connectivity index (χ1n) is 21.4. The summed E-state index contributed by atoms with van der Waals surface area (Å²) in [6.07, 6.45) is 8.46. The fourth-order valence-electron chi connectivity index (χ4n) is 7.73. The zero-order valence-corrected chi connectivity index (χ0v) is 34.9. The molecule has 2 aromatic carbocycles. The number of imide groups is 1. The SMILES string of the molecule is Cn1c(=O)n(C2CCC(=O)NC2=O)c2cccc(CCCCOCCCCNCc3ccc(-n4cc(NC(=O)c5coc(-c6ccnc(NCC7CC7)c6)n5)c(C(F)F)n4)cc3)c21. The van der Waals surface area contributed by atoms with Crippen molar-refractivity contribution in [3.8, 4) is 17.1 Å². The highest BCUT2D eigenvalue weighted by Gasteiger charge is 2.32. The molecule has 2 fully saturated rings. The Morgan fingerprint density at radius 1 is 1.02 bits per heavy atom. The van der Waals surface area contributed by atoms with Gasteiger partial charge in [0, 0.05) is 51.5 Å². The predicted octanol–water partition coefficient (Wildman–Crippen LogP) is 6.47. The Labute approximate surface area is 361 Å². The highest BCUT2D eigenvalue weighted by atomic mass is 19.3. The van der Waals surface area contributed by atoms with Crippen LogP contribution in [-0.4, -0.2) is 72.9 Å². The molecule has 2 aliphatic rings. The number of halogens is 2. The molecule has 1 saturated heterocycles. The Balaban J connectivity index is 0.738. The molecule has 6 aromatic rings. The Morgan fingerprint density at radius 3 is 2.60 bits per heavy atom. The fourth-order valence-corrected chi connectivity index (χ4v) is 7.73. The standard InChI is InChI=1S/C45H50F2N10O6/c1-55-40-30(8-6-9-35(40)57(45(55)61)36-16-17-38(58)53-43(36)60)7-2-4-21-62-22-5-3-19-48-24-28-12-14-32(15-13-28)56-26-33(39(54-56)41(46)47)51-42(59)34-27-63-44(52-34)31-18-20-49-37(23-31)50-25-29-10-11-29/h6,8-9,12-15,18,20,23,26-27,29,36,41,48H,2-5,7,10-11,16-17,19,21-22,24-25H2,1H3,(H,49,50)(H,51,59)(H,53,58,60). The van der Waals surface area contributed by atoms with E-state index in [9.17, 15) is 28.0 Å². The van der Waals surface area contributed by atoms with E-state index in [1.165, 1.54) is 34.6 Å². The second kappa shape index (κ2) is 19.7. The van der Waals surface area contributed by atoms with Gasteiger partial charge in [-0.3, -0.25) is 28.8 Å². The summed E-state index contributed by atoms with van der Waals surface area (Å²) < 4.78 is 43.9. The number of carbonyl (C=O) groups is 3. The predicted molar refractivity (Wildman–Crippen MR) is 231 cm³/mol. The summed E-state index contributed by atoms with van der Waals surface area (Å²) in [5.74, 6) is 0.0736. The molecule has 3 amide bonds. The molecule has 8 rings (SSSR count). The number of piperidine rings is 1. The van der Waals surface area contributed by atoms with Gasteiger partial charge in [-0.25, -0.2) is 28.2 Å². The van der Waals surface area contributed by atoms with Crippen LogP contribution in [0.1, 0.15) is 91.1 Å². The van der Waals surface area contributed by atoms with E-state index < -0.39 is 30.0 Å². The lowest BCUT2D eigenvalue weighted by Gasteiger charge is -2.21. The van der Waals surface area contributed by atoms with E-state index in [-0.39, 0.29) is 35.3 Å². The highest BCUT2D eigenvalue weighted by molar-refractivity contribution is 6.03. The van der Waals surface area contributed by atoms with Gasteiger partial charge in [0.25, 0.3) is 12.3 Å². The smallest absolute Gasteiger partial charge is 0.329 e. The molecule has 1 saturated carbocycles. The molecule has 0 bridgehead atoms. The molecule has 4 N–H and O–H groups in total. The number of anilines is 2. The zero-order chi connectivity index (χ0) is 43.9. The molecular weight excluding hydrogens is 815 g/mol. The van der Waals surface area contributed by atoms with Crippen LogP contribution in [0.4, 0.5) is 20.3 Å². The summed E-state index contributed by atoms with van der Waals surface area (Å²) in [7, 11) is 1.72. The summed E-state index contributed by atoms with van der Waals surface area (Å²) in [5, 5.41) is 15.7. The van der Waals surface area contributed by atoms with Crippen molar-refractivity contribution in [1.82, 2.24) is 39.5 Å². The Morgan fingerprint density at radius 2 is 1.83 bits per heavy atom. The van der Waals surface area contributed by atoms with Gasteiger partial charge in [-0.2, -0.15) is 5.10 Å². The molecule has 330 valence electrons. The number of nitrogens with zero attached hydrogens (tertiary/aromatic N) is 6. The number of aromatic nitrogens is 6. The lowest BCUT2D eigenvalue weighted by atomic mass is 10.0. The van der Waals surface area contributed by atoms with Gasteiger partial charge < -0.3 is 25.1 Å². The summed E-state index contributed by atoms with van der Waals surface area (Å²) in [5.41, 5.74) is 3.69. The van der Waals surface area contributed by atoms with E-state index in [1.807, 2.05) is 30.3 Å². The zero-order valence-electron chi connectivity index (χ0n) is 34.9. The molecule has 63 heavy (non-hydrogen) atoms. The van der Waals surface area contributed by atoms with Crippen LogP contribution in [0.5, 0.6) is 0 Å². The minimum absolute atomic E-state index is 0.0664. The molecule has 1 aliphatic carbocycles. The molecule has 18 heteroatoms. The summed E-state index contributed by atoms with van der Waals surface area (Å²) in [4.78, 5) is 59.1. The molecule has 0 radical (unpaired) electrons. The number of fused-ring (bicyclic) bond motifs is 1. The summed E-state index contributed by atoms with van der Waals surface area (Å²) in [6, 6.07) is 15.9. The van der Waals surface area contributed by atoms with Crippen molar-refractivity contribution in [2.24, 2.45) is 13.0 Å². The van der Waals surface area contributed by atoms with E-state index in [2.05, 4.69) is 36.3 Å². The van der Waals surface area contributed by atoms with Gasteiger partial charge in [0.2, 0.25) is 17.7 Å². The maximum atomic E-state index is 14.0. The van der Waals surface area contributed by atoms with Gasteiger partial charge in [0.1, 0.15) is 18.1 Å². The van der Waals surface area contributed by atoms with Gasteiger partial charge in [-0.05, 0) is 105 Å². The molecule has 4 aromatic heterocycles. The third kappa shape index (κ3) is 10.4. The minimum atomic E-state index is -2.93. The number of ether oxygens (including phenoxy) is 1. The number of para-hydroxylation sites is 1. The maximum absolute atomic E-state index is 14.0. The van der Waals surface area contributed by atoms with E-state index in [0.29, 0.717) is 54.7 Å². The number of hydrogen-bond acceptors (Lipinski definition) is 11. The average molecular weight is 865 g/mol. The first-order valence-corrected chi connectivity index (χ1v) is 21.4. The second-order valence-electron chi connectivity index (χ2n) is 16.0. The van der Waals surface area contributed by atoms with Gasteiger partial charge >= 0.3 is 5.69 Å². The van der Waals surface area contributed by atoms with Crippen LogP contribution in [-0.2, 0) is 34.3 Å². The van der Waals surface area contributed by atoms with Crippen LogP contribution in [0.25, 0.3) is 28.2 Å². The monoisotopic (exact) mass is 864 g/mol. The van der Waals surface area contributed by atoms with E-state index >= 15 is 0 Å². The number of oxazole rings is 1. The number of benzene rings is 2. The average Bonchev–Trinajstić information content (AvgIpc) is 3.68. The number of aryl methyl sites for hydroxylation is 2. The third-order valence-electron chi connectivity index (χ3n) is 11.3. The van der Waals surface area contributed by atoms with Gasteiger partial charge in [0.15, 0.2) is 11.4 Å². The second-order valence-corrected chi connectivity index (χ2v) is 16.0. The topological polar surface area (TPSA) is 192 Å². The van der Waals surface area contributed by atoms with Crippen LogP contribution in [0.15, 0.2) is 82.5 Å². The number of alkyl halides is 2. The number of imidazole rings is 1. The molecule has 1 unspecified atom stereocenters. The van der Waals surface area contributed by atoms with Crippen molar-refractivity contribution < 1.29 is 32.3 Å². The number of unbranched alkanes of at least 4 members (excludes halogenated alkanes) is 2. The molecule has 5 heterocycles. The van der Waals surface area contributed by atoms with Crippen LogP contribution in [0.3, 0.4) is 0 Å². The van der Waals surface area contributed by atoms with Crippen LogP contribution in [0, 0.1) is 5.92 Å². The molecular formula is C45H50F2N10O6. The van der Waals surface area contributed by atoms with Crippen LogP contribution < -0.4 is 27.0 Å². The maximum Gasteiger partial charge on any atom is 0.329 e. The van der Waals surface area contributed by atoms with Crippen LogP contribution >= 0.6 is 0 Å². The van der Waals surface area contributed by atoms with Crippen molar-refractivity contribution in [1.29, 1.82) is 0 Å². The molecule has 1 aliphatic heterocycles. The highest BCUT2D eigenvalue weighted by Crippen LogP contribution is 2.31. The largest absolute Gasteiger partial charge is 0.444 e. The van der Waals surface area contributed by atoms with E-state index in [4.69, 9.17) is 9.15 Å². The fraction of sp³-hybridized carbons (Fsp3) is 0.400. The number of hydrogen-bond donors (Lipinski definition) is 4. The quantitative estimate of drug-likeness (QED) is 0.0458. The van der Waals surface area contributed by atoms with Crippen LogP contribution in [0.2, 0.25) is 0 Å². The first-order chi connectivity index (χ1) is 30.6. The van der Waals surface area contributed by atoms with E-state index in [1.54, 1.807) is 42.1 Å². The number of carbonyl (C=O) groups excluding carboxylic acids is 3. The Hall–Kier alpha value is -6.53. The van der Waals surface area contributed by atoms with Crippen molar-refractivity contribution in [2.75, 3.05) is 36.9 Å². The lowest BCUT2D eigenvalue weighted by Crippen LogP contribution is -2.44. The molecule has 16 nitrogen and oxygen atoms in total. The minimum Gasteiger partial charge on any atom is -0.444 e. The number of rotatable bonds is 21. The van der Waals surface area contributed by atoms with Crippen molar-refractivity contribution in [2.45, 2.75) is 76.8 Å². The van der Waals surface area contributed by atoms with Crippen molar-refractivity contribution in [3.05, 3.63) is 106 Å². The number of pyridine rings is 1. The molecule has 1 atom stereocenters. The van der Waals surface area contributed by atoms with Crippen molar-refractivity contribution in [3.63, 3.8) is 0 Å². The van der Waals surface area contributed by atoms with Crippen molar-refractivity contribution >= 4 is 40.3 Å². The first kappa shape index (κ1) is 43.1. The number of amides is 3. The normalized spacial score (nSPS) is 15.3. The Kier molecular flexibility index (Phi) is 13.5. The lowest BCUT2D eigenvalue weighted by molar-refractivity contribution is -0.135. The van der Waals surface area contributed by atoms with Gasteiger partial charge in [-0.15, -0.1) is 0 Å². The molecule has 0 spiro atoms. The number of nitrogens with one attached hydrogen (secondary N) is 4. The summed E-state index contributed by atoms with van der Waals surface area (Å²) >= 11 is 0. The van der Waals surface area contributed by atoms with Gasteiger partial charge in [-0.1, -0.05) is 24.3 Å². The summed E-state index contributed by atoms with van der Waals surface area (Å²) in [6.45, 7) is 3.52. The Bertz CT molecular complexity index is 2630. The van der Waals surface area contributed by atoms with Gasteiger partial charge in [0.05, 0.1) is 28.6 Å². The van der Waals surface area contributed by atoms with E-state index in [0.717, 1.165) is 61.8 Å².